The van der Waals surface area contributed by atoms with E-state index in [1.54, 1.807) is 29.9 Å². The van der Waals surface area contributed by atoms with Crippen LogP contribution in [0.2, 0.25) is 0 Å². The maximum Gasteiger partial charge on any atom is 0.274 e. The topological polar surface area (TPSA) is 127 Å². The van der Waals surface area contributed by atoms with E-state index in [0.29, 0.717) is 28.9 Å². The van der Waals surface area contributed by atoms with Crippen LogP contribution in [0, 0.1) is 24.1 Å². The molecule has 0 spiro atoms. The molecule has 0 aliphatic carbocycles. The number of aromatic nitrogens is 3. The highest BCUT2D eigenvalue weighted by atomic mass is 19.1. The fourth-order valence-electron chi connectivity index (χ4n) is 3.30. The van der Waals surface area contributed by atoms with Crippen LogP contribution in [0.15, 0.2) is 54.7 Å². The molecule has 2 aromatic carbocycles. The van der Waals surface area contributed by atoms with Crippen LogP contribution in [0.3, 0.4) is 0 Å². The second-order valence-electron chi connectivity index (χ2n) is 7.17. The Labute approximate surface area is 182 Å². The van der Waals surface area contributed by atoms with Crippen molar-refractivity contribution in [1.82, 2.24) is 14.8 Å². The summed E-state index contributed by atoms with van der Waals surface area (Å²) in [5.41, 5.74) is 8.14. The van der Waals surface area contributed by atoms with E-state index in [4.69, 9.17) is 11.0 Å². The molecule has 2 heterocycles. The first-order valence-electron chi connectivity index (χ1n) is 9.58. The number of primary amides is 1. The molecule has 0 saturated carbocycles. The second-order valence-corrected chi connectivity index (χ2v) is 7.17. The van der Waals surface area contributed by atoms with E-state index in [1.165, 1.54) is 18.2 Å². The number of rotatable bonds is 5. The van der Waals surface area contributed by atoms with Gasteiger partial charge in [-0.05, 0) is 42.8 Å². The molecule has 0 bridgehead atoms. The monoisotopic (exact) mass is 428 g/mol. The third-order valence-corrected chi connectivity index (χ3v) is 4.89. The van der Waals surface area contributed by atoms with Crippen molar-refractivity contribution < 1.29 is 14.0 Å². The first-order valence-corrected chi connectivity index (χ1v) is 9.58. The summed E-state index contributed by atoms with van der Waals surface area (Å²) in [7, 11) is 0. The molecule has 4 aromatic rings. The average molecular weight is 428 g/mol. The number of hydrogen-bond acceptors (Lipinski definition) is 5. The minimum Gasteiger partial charge on any atom is -0.366 e. The Bertz CT molecular complexity index is 1400. The van der Waals surface area contributed by atoms with Crippen molar-refractivity contribution in [3.63, 3.8) is 0 Å². The molecular weight excluding hydrogens is 411 g/mol. The Morgan fingerprint density at radius 3 is 2.62 bits per heavy atom. The summed E-state index contributed by atoms with van der Waals surface area (Å²) >= 11 is 0. The zero-order valence-corrected chi connectivity index (χ0v) is 17.0. The molecule has 2 amide bonds. The van der Waals surface area contributed by atoms with Gasteiger partial charge in [0.1, 0.15) is 11.5 Å². The summed E-state index contributed by atoms with van der Waals surface area (Å²) in [5.74, 6) is -1.87. The first kappa shape index (κ1) is 20.7. The van der Waals surface area contributed by atoms with Gasteiger partial charge in [0.15, 0.2) is 0 Å². The number of hydrogen-bond donors (Lipinski definition) is 2. The van der Waals surface area contributed by atoms with Crippen molar-refractivity contribution in [2.75, 3.05) is 5.32 Å². The number of nitrogens with two attached hydrogens (primary N) is 1. The predicted molar refractivity (Wildman–Crippen MR) is 115 cm³/mol. The Kier molecular flexibility index (Phi) is 5.35. The van der Waals surface area contributed by atoms with Crippen LogP contribution in [0.1, 0.15) is 37.7 Å². The molecule has 0 unspecified atom stereocenters. The third kappa shape index (κ3) is 4.15. The van der Waals surface area contributed by atoms with Gasteiger partial charge >= 0.3 is 0 Å². The smallest absolute Gasteiger partial charge is 0.274 e. The van der Waals surface area contributed by atoms with E-state index in [0.717, 1.165) is 11.6 Å². The number of aryl methyl sites for hydroxylation is 1. The van der Waals surface area contributed by atoms with Crippen LogP contribution < -0.4 is 11.1 Å². The van der Waals surface area contributed by atoms with E-state index in [-0.39, 0.29) is 16.8 Å². The number of benzene rings is 2. The van der Waals surface area contributed by atoms with Crippen molar-refractivity contribution in [3.05, 3.63) is 88.6 Å². The summed E-state index contributed by atoms with van der Waals surface area (Å²) in [6, 6.07) is 14.2. The Morgan fingerprint density at radius 2 is 1.94 bits per heavy atom. The largest absolute Gasteiger partial charge is 0.366 e. The first-order chi connectivity index (χ1) is 15.3. The highest BCUT2D eigenvalue weighted by Gasteiger charge is 2.17. The normalized spacial score (nSPS) is 10.7. The van der Waals surface area contributed by atoms with Crippen LogP contribution in [0.4, 0.5) is 10.1 Å². The van der Waals surface area contributed by atoms with Gasteiger partial charge in [0.2, 0.25) is 5.91 Å². The molecule has 0 saturated heterocycles. The number of pyridine rings is 1. The van der Waals surface area contributed by atoms with Gasteiger partial charge in [-0.1, -0.05) is 12.1 Å². The quantitative estimate of drug-likeness (QED) is 0.505. The molecular formula is C23H17FN6O2. The van der Waals surface area contributed by atoms with Gasteiger partial charge in [-0.15, -0.1) is 0 Å². The SMILES string of the molecule is Cc1nn(Cc2ccc(C#N)cc2)cc1NC(=O)c1cc(C(N)=O)c2ccc(F)cc2n1. The van der Waals surface area contributed by atoms with Gasteiger partial charge < -0.3 is 11.1 Å². The number of amides is 2. The molecule has 2 aromatic heterocycles. The molecule has 158 valence electrons. The fraction of sp³-hybridized carbons (Fsp3) is 0.0870. The summed E-state index contributed by atoms with van der Waals surface area (Å²) in [6.07, 6.45) is 1.67. The third-order valence-electron chi connectivity index (χ3n) is 4.89. The molecule has 0 radical (unpaired) electrons. The number of nitriles is 1. The number of anilines is 1. The van der Waals surface area contributed by atoms with Gasteiger partial charge in [0.25, 0.3) is 5.91 Å². The summed E-state index contributed by atoms with van der Waals surface area (Å²) < 4.78 is 15.3. The molecule has 32 heavy (non-hydrogen) atoms. The zero-order chi connectivity index (χ0) is 22.8. The highest BCUT2D eigenvalue weighted by molar-refractivity contribution is 6.10. The fourth-order valence-corrected chi connectivity index (χ4v) is 3.30. The summed E-state index contributed by atoms with van der Waals surface area (Å²) in [6.45, 7) is 2.19. The van der Waals surface area contributed by atoms with Crippen LogP contribution in [0.25, 0.3) is 10.9 Å². The van der Waals surface area contributed by atoms with Crippen molar-refractivity contribution in [1.29, 1.82) is 5.26 Å². The van der Waals surface area contributed by atoms with E-state index in [1.807, 2.05) is 12.1 Å². The maximum atomic E-state index is 13.6. The molecule has 0 fully saturated rings. The molecule has 9 heteroatoms. The van der Waals surface area contributed by atoms with Gasteiger partial charge in [0.05, 0.1) is 40.6 Å². The van der Waals surface area contributed by atoms with Crippen LogP contribution in [-0.4, -0.2) is 26.6 Å². The van der Waals surface area contributed by atoms with Gasteiger partial charge in [0, 0.05) is 17.6 Å². The second kappa shape index (κ2) is 8.28. The van der Waals surface area contributed by atoms with Gasteiger partial charge in [-0.3, -0.25) is 14.3 Å². The molecule has 0 atom stereocenters. The van der Waals surface area contributed by atoms with E-state index in [9.17, 15) is 14.0 Å². The van der Waals surface area contributed by atoms with E-state index in [2.05, 4.69) is 21.5 Å². The molecule has 8 nitrogen and oxygen atoms in total. The molecule has 3 N–H and O–H groups in total. The number of nitrogens with one attached hydrogen (secondary N) is 1. The van der Waals surface area contributed by atoms with Crippen LogP contribution in [0.5, 0.6) is 0 Å². The van der Waals surface area contributed by atoms with E-state index < -0.39 is 17.6 Å². The Hall–Kier alpha value is -4.58. The number of carbonyl (C=O) groups excluding carboxylic acids is 2. The number of carbonyl (C=O) groups is 2. The Balaban J connectivity index is 1.59. The minimum atomic E-state index is -0.746. The molecule has 0 aliphatic heterocycles. The van der Waals surface area contributed by atoms with Crippen LogP contribution in [-0.2, 0) is 6.54 Å². The highest BCUT2D eigenvalue weighted by Crippen LogP contribution is 2.21. The number of nitrogens with zero attached hydrogens (tertiary/aromatic N) is 4. The average Bonchev–Trinajstić information content (AvgIpc) is 3.11. The summed E-state index contributed by atoms with van der Waals surface area (Å²) in [4.78, 5) is 28.8. The summed E-state index contributed by atoms with van der Waals surface area (Å²) in [5, 5.41) is 16.4. The van der Waals surface area contributed by atoms with Crippen molar-refractivity contribution in [3.8, 4) is 6.07 Å². The van der Waals surface area contributed by atoms with Crippen LogP contribution >= 0.6 is 0 Å². The lowest BCUT2D eigenvalue weighted by Gasteiger charge is -2.08. The Morgan fingerprint density at radius 1 is 1.19 bits per heavy atom. The maximum absolute atomic E-state index is 13.6. The lowest BCUT2D eigenvalue weighted by atomic mass is 10.1. The van der Waals surface area contributed by atoms with Gasteiger partial charge in [-0.25, -0.2) is 9.37 Å². The predicted octanol–water partition coefficient (Wildman–Crippen LogP) is 3.15. The standard InChI is InChI=1S/C23H17FN6O2/c1-13-21(12-30(29-13)11-15-4-2-14(10-25)3-5-15)28-23(32)20-9-18(22(26)31)17-7-6-16(24)8-19(17)27-20/h2-9,12H,11H2,1H3,(H2,26,31)(H,28,32). The molecule has 4 rings (SSSR count). The van der Waals surface area contributed by atoms with Crippen molar-refractivity contribution in [2.24, 2.45) is 5.73 Å². The number of fused-ring (bicyclic) bond motifs is 1. The lowest BCUT2D eigenvalue weighted by molar-refractivity contribution is 0.100. The molecule has 0 aliphatic rings. The zero-order valence-electron chi connectivity index (χ0n) is 17.0. The van der Waals surface area contributed by atoms with Gasteiger partial charge in [-0.2, -0.15) is 10.4 Å². The minimum absolute atomic E-state index is 0.0730. The lowest BCUT2D eigenvalue weighted by Crippen LogP contribution is -2.18. The van der Waals surface area contributed by atoms with E-state index >= 15 is 0 Å². The van der Waals surface area contributed by atoms with Crippen molar-refractivity contribution >= 4 is 28.4 Å². The van der Waals surface area contributed by atoms with Crippen molar-refractivity contribution in [2.45, 2.75) is 13.5 Å². The number of halogens is 1.